The first-order valence-electron chi connectivity index (χ1n) is 5.85. The Morgan fingerprint density at radius 3 is 2.26 bits per heavy atom. The van der Waals surface area contributed by atoms with Crippen LogP contribution in [0.3, 0.4) is 0 Å². The molecule has 0 aromatic carbocycles. The van der Waals surface area contributed by atoms with Crippen LogP contribution in [-0.2, 0) is 6.54 Å². The van der Waals surface area contributed by atoms with Gasteiger partial charge in [-0.1, -0.05) is 0 Å². The number of hydrogen-bond acceptors (Lipinski definition) is 7. The molecule has 7 nitrogen and oxygen atoms in total. The molecule has 100 valence electrons. The van der Waals surface area contributed by atoms with Crippen LogP contribution < -0.4 is 15.5 Å². The van der Waals surface area contributed by atoms with Crippen LogP contribution in [0.1, 0.15) is 5.56 Å². The summed E-state index contributed by atoms with van der Waals surface area (Å²) >= 11 is 0. The summed E-state index contributed by atoms with van der Waals surface area (Å²) in [6.45, 7) is 0.679. The SMILES string of the molecule is CN(C)c1nc(N)nc(N(C)Cc2ccncc2)n1. The third-order valence-electron chi connectivity index (χ3n) is 2.54. The summed E-state index contributed by atoms with van der Waals surface area (Å²) in [4.78, 5) is 20.3. The van der Waals surface area contributed by atoms with Crippen molar-refractivity contribution in [2.75, 3.05) is 36.7 Å². The first kappa shape index (κ1) is 13.0. The van der Waals surface area contributed by atoms with Crippen molar-refractivity contribution in [3.63, 3.8) is 0 Å². The van der Waals surface area contributed by atoms with E-state index in [1.54, 1.807) is 17.3 Å². The van der Waals surface area contributed by atoms with E-state index in [1.165, 1.54) is 0 Å². The van der Waals surface area contributed by atoms with Gasteiger partial charge in [-0.05, 0) is 17.7 Å². The van der Waals surface area contributed by atoms with Crippen LogP contribution in [0.4, 0.5) is 17.8 Å². The van der Waals surface area contributed by atoms with Gasteiger partial charge in [0.05, 0.1) is 0 Å². The zero-order chi connectivity index (χ0) is 13.8. The third kappa shape index (κ3) is 3.27. The summed E-state index contributed by atoms with van der Waals surface area (Å²) in [6.07, 6.45) is 3.52. The normalized spacial score (nSPS) is 10.3. The van der Waals surface area contributed by atoms with Gasteiger partial charge in [0.2, 0.25) is 17.8 Å². The molecule has 0 amide bonds. The Bertz CT molecular complexity index is 541. The van der Waals surface area contributed by atoms with E-state index >= 15 is 0 Å². The zero-order valence-electron chi connectivity index (χ0n) is 11.3. The number of nitrogen functional groups attached to an aromatic ring is 1. The van der Waals surface area contributed by atoms with Crippen molar-refractivity contribution in [3.05, 3.63) is 30.1 Å². The summed E-state index contributed by atoms with van der Waals surface area (Å²) in [5, 5.41) is 0. The van der Waals surface area contributed by atoms with Crippen LogP contribution in [0.5, 0.6) is 0 Å². The molecule has 0 fully saturated rings. The van der Waals surface area contributed by atoms with Gasteiger partial charge in [0.25, 0.3) is 0 Å². The van der Waals surface area contributed by atoms with Crippen molar-refractivity contribution >= 4 is 17.8 Å². The van der Waals surface area contributed by atoms with Gasteiger partial charge in [-0.3, -0.25) is 4.98 Å². The molecule has 0 atom stereocenters. The maximum absolute atomic E-state index is 5.70. The van der Waals surface area contributed by atoms with Crippen LogP contribution >= 0.6 is 0 Å². The minimum absolute atomic E-state index is 0.218. The maximum atomic E-state index is 5.70. The fourth-order valence-electron chi connectivity index (χ4n) is 1.57. The van der Waals surface area contributed by atoms with E-state index in [9.17, 15) is 0 Å². The van der Waals surface area contributed by atoms with E-state index in [2.05, 4.69) is 19.9 Å². The van der Waals surface area contributed by atoms with E-state index in [1.807, 2.05) is 38.2 Å². The van der Waals surface area contributed by atoms with Gasteiger partial charge in [-0.25, -0.2) is 0 Å². The van der Waals surface area contributed by atoms with Gasteiger partial charge in [0.15, 0.2) is 0 Å². The molecule has 0 radical (unpaired) electrons. The monoisotopic (exact) mass is 259 g/mol. The van der Waals surface area contributed by atoms with E-state index in [0.717, 1.165) is 5.56 Å². The van der Waals surface area contributed by atoms with E-state index in [0.29, 0.717) is 18.4 Å². The Hall–Kier alpha value is -2.44. The lowest BCUT2D eigenvalue weighted by Crippen LogP contribution is -2.22. The number of aromatic nitrogens is 4. The van der Waals surface area contributed by atoms with Crippen molar-refractivity contribution in [1.82, 2.24) is 19.9 Å². The fourth-order valence-corrected chi connectivity index (χ4v) is 1.57. The second-order valence-corrected chi connectivity index (χ2v) is 4.40. The number of rotatable bonds is 4. The highest BCUT2D eigenvalue weighted by Gasteiger charge is 2.10. The topological polar surface area (TPSA) is 84.1 Å². The Morgan fingerprint density at radius 1 is 1.00 bits per heavy atom. The Balaban J connectivity index is 2.21. The quantitative estimate of drug-likeness (QED) is 0.858. The van der Waals surface area contributed by atoms with Crippen LogP contribution in [0, 0.1) is 0 Å². The molecule has 2 heterocycles. The van der Waals surface area contributed by atoms with Gasteiger partial charge < -0.3 is 15.5 Å². The van der Waals surface area contributed by atoms with Gasteiger partial charge >= 0.3 is 0 Å². The molecule has 2 aromatic heterocycles. The van der Waals surface area contributed by atoms with Crippen molar-refractivity contribution in [2.24, 2.45) is 0 Å². The number of nitrogens with two attached hydrogens (primary N) is 1. The van der Waals surface area contributed by atoms with Gasteiger partial charge in [-0.2, -0.15) is 15.0 Å². The van der Waals surface area contributed by atoms with Crippen molar-refractivity contribution < 1.29 is 0 Å². The van der Waals surface area contributed by atoms with Gasteiger partial charge in [-0.15, -0.1) is 0 Å². The number of nitrogens with zero attached hydrogens (tertiary/aromatic N) is 6. The summed E-state index contributed by atoms with van der Waals surface area (Å²) in [5.74, 6) is 1.31. The first-order chi connectivity index (χ1) is 9.06. The lowest BCUT2D eigenvalue weighted by molar-refractivity contribution is 0.845. The molecule has 0 aliphatic carbocycles. The summed E-state index contributed by atoms with van der Waals surface area (Å²) in [6, 6.07) is 3.90. The summed E-state index contributed by atoms with van der Waals surface area (Å²) < 4.78 is 0. The molecule has 7 heteroatoms. The zero-order valence-corrected chi connectivity index (χ0v) is 11.3. The number of hydrogen-bond donors (Lipinski definition) is 1. The fraction of sp³-hybridized carbons (Fsp3) is 0.333. The molecule has 0 bridgehead atoms. The molecule has 0 saturated heterocycles. The molecule has 0 aliphatic heterocycles. The predicted molar refractivity (Wildman–Crippen MR) is 74.9 cm³/mol. The highest BCUT2D eigenvalue weighted by atomic mass is 15.3. The Morgan fingerprint density at radius 2 is 1.63 bits per heavy atom. The van der Waals surface area contributed by atoms with Gasteiger partial charge in [0.1, 0.15) is 0 Å². The molecule has 2 aromatic rings. The standard InChI is InChI=1S/C12H17N7/c1-18(2)11-15-10(13)16-12(17-11)19(3)8-9-4-6-14-7-5-9/h4-7H,8H2,1-3H3,(H2,13,15,16,17). The predicted octanol–water partition coefficient (Wildman–Crippen LogP) is 0.551. The van der Waals surface area contributed by atoms with Crippen molar-refractivity contribution in [2.45, 2.75) is 6.54 Å². The molecule has 0 spiro atoms. The highest BCUT2D eigenvalue weighted by Crippen LogP contribution is 2.14. The lowest BCUT2D eigenvalue weighted by Gasteiger charge is -2.19. The first-order valence-corrected chi connectivity index (χ1v) is 5.85. The molecular formula is C12H17N7. The summed E-state index contributed by atoms with van der Waals surface area (Å²) in [7, 11) is 5.64. The third-order valence-corrected chi connectivity index (χ3v) is 2.54. The van der Waals surface area contributed by atoms with E-state index in [4.69, 9.17) is 5.73 Å². The second kappa shape index (κ2) is 5.47. The average molecular weight is 259 g/mol. The Kier molecular flexibility index (Phi) is 3.74. The molecule has 2 N–H and O–H groups in total. The minimum Gasteiger partial charge on any atom is -0.368 e. The molecule has 0 unspecified atom stereocenters. The molecular weight excluding hydrogens is 242 g/mol. The van der Waals surface area contributed by atoms with Crippen molar-refractivity contribution in [1.29, 1.82) is 0 Å². The molecule has 2 rings (SSSR count). The average Bonchev–Trinajstić information content (AvgIpc) is 2.39. The summed E-state index contributed by atoms with van der Waals surface area (Å²) in [5.41, 5.74) is 6.83. The molecule has 0 aliphatic rings. The smallest absolute Gasteiger partial charge is 0.231 e. The maximum Gasteiger partial charge on any atom is 0.231 e. The molecule has 19 heavy (non-hydrogen) atoms. The van der Waals surface area contributed by atoms with E-state index in [-0.39, 0.29) is 5.95 Å². The minimum atomic E-state index is 0.218. The van der Waals surface area contributed by atoms with Crippen molar-refractivity contribution in [3.8, 4) is 0 Å². The number of pyridine rings is 1. The lowest BCUT2D eigenvalue weighted by atomic mass is 10.2. The van der Waals surface area contributed by atoms with Crippen LogP contribution in [0.2, 0.25) is 0 Å². The highest BCUT2D eigenvalue weighted by molar-refractivity contribution is 5.42. The largest absolute Gasteiger partial charge is 0.368 e. The van der Waals surface area contributed by atoms with E-state index < -0.39 is 0 Å². The van der Waals surface area contributed by atoms with Gasteiger partial charge in [0, 0.05) is 40.1 Å². The van der Waals surface area contributed by atoms with Crippen LogP contribution in [0.15, 0.2) is 24.5 Å². The van der Waals surface area contributed by atoms with Crippen LogP contribution in [0.25, 0.3) is 0 Å². The number of anilines is 3. The second-order valence-electron chi connectivity index (χ2n) is 4.40. The Labute approximate surface area is 112 Å². The molecule has 0 saturated carbocycles. The van der Waals surface area contributed by atoms with Crippen LogP contribution in [-0.4, -0.2) is 41.1 Å².